The lowest BCUT2D eigenvalue weighted by Crippen LogP contribution is -2.22. The van der Waals surface area contributed by atoms with Crippen molar-refractivity contribution in [2.75, 3.05) is 13.7 Å². The monoisotopic (exact) mass is 504 g/mol. The molecule has 1 saturated carbocycles. The van der Waals surface area contributed by atoms with Crippen molar-refractivity contribution in [3.05, 3.63) is 60.4 Å². The number of hydrogen-bond acceptors (Lipinski definition) is 6. The van der Waals surface area contributed by atoms with Crippen molar-refractivity contribution in [2.45, 2.75) is 51.4 Å². The maximum Gasteiger partial charge on any atom is 0.358 e. The lowest BCUT2D eigenvalue weighted by atomic mass is 10.1. The van der Waals surface area contributed by atoms with E-state index in [4.69, 9.17) is 14.2 Å². The van der Waals surface area contributed by atoms with Crippen LogP contribution in [-0.4, -0.2) is 53.4 Å². The molecule has 2 aromatic carbocycles. The Balaban J connectivity index is 1.55. The first kappa shape index (κ1) is 24.3. The zero-order chi connectivity index (χ0) is 25.3. The van der Waals surface area contributed by atoms with Gasteiger partial charge >= 0.3 is 5.97 Å². The summed E-state index contributed by atoms with van der Waals surface area (Å²) >= 11 is 0. The fraction of sp³-hybridized carbons (Fsp3) is 0.370. The lowest BCUT2D eigenvalue weighted by molar-refractivity contribution is 0.0593. The summed E-state index contributed by atoms with van der Waals surface area (Å²) in [7, 11) is 0.173. The molecule has 36 heavy (non-hydrogen) atoms. The molecule has 0 atom stereocenters. The maximum atomic E-state index is 12.4. The average Bonchev–Trinajstić information content (AvgIpc) is 3.39. The maximum absolute atomic E-state index is 12.4. The highest BCUT2D eigenvalue weighted by atomic mass is 28.3. The first-order valence-electron chi connectivity index (χ1n) is 12.3. The predicted octanol–water partition coefficient (Wildman–Crippen LogP) is 5.53. The van der Waals surface area contributed by atoms with Crippen LogP contribution < -0.4 is 4.74 Å². The molecule has 1 aliphatic rings. The molecule has 0 spiro atoms. The fourth-order valence-electron chi connectivity index (χ4n) is 4.00. The summed E-state index contributed by atoms with van der Waals surface area (Å²) in [6.45, 7) is 8.05. The summed E-state index contributed by atoms with van der Waals surface area (Å²) in [4.78, 5) is 12.4. The highest BCUT2D eigenvalue weighted by Crippen LogP contribution is 2.33. The second kappa shape index (κ2) is 9.91. The van der Waals surface area contributed by atoms with E-state index in [0.717, 1.165) is 52.5 Å². The van der Waals surface area contributed by atoms with Gasteiger partial charge in [-0.05, 0) is 43.2 Å². The van der Waals surface area contributed by atoms with Gasteiger partial charge in [0.05, 0.1) is 36.3 Å². The van der Waals surface area contributed by atoms with E-state index in [2.05, 4.69) is 29.8 Å². The summed E-state index contributed by atoms with van der Waals surface area (Å²) in [6.07, 6.45) is 4.29. The number of carbonyl (C=O) groups is 1. The summed E-state index contributed by atoms with van der Waals surface area (Å²) in [5.41, 5.74) is 3.58. The zero-order valence-corrected chi connectivity index (χ0v) is 22.2. The van der Waals surface area contributed by atoms with Crippen molar-refractivity contribution >= 4 is 24.9 Å². The molecule has 188 valence electrons. The average molecular weight is 505 g/mol. The topological polar surface area (TPSA) is 80.4 Å². The Kier molecular flexibility index (Phi) is 6.68. The van der Waals surface area contributed by atoms with Crippen molar-refractivity contribution in [3.8, 4) is 22.7 Å². The molecule has 1 fully saturated rings. The fourth-order valence-corrected chi connectivity index (χ4v) is 4.76. The Morgan fingerprint density at radius 2 is 1.92 bits per heavy atom. The number of carbonyl (C=O) groups excluding carboxylic acids is 1. The second-order valence-electron chi connectivity index (χ2n) is 10.4. The predicted molar refractivity (Wildman–Crippen MR) is 141 cm³/mol. The smallest absolute Gasteiger partial charge is 0.358 e. The number of ether oxygens (including phenoxy) is 3. The van der Waals surface area contributed by atoms with Crippen LogP contribution in [0, 0.1) is 0 Å². The van der Waals surface area contributed by atoms with Crippen LogP contribution >= 0.6 is 0 Å². The van der Waals surface area contributed by atoms with Crippen LogP contribution in [0.2, 0.25) is 25.7 Å². The van der Waals surface area contributed by atoms with E-state index in [0.29, 0.717) is 19.4 Å². The molecule has 0 aliphatic heterocycles. The second-order valence-corrected chi connectivity index (χ2v) is 16.0. The molecule has 0 radical (unpaired) electrons. The van der Waals surface area contributed by atoms with Crippen molar-refractivity contribution in [1.82, 2.24) is 19.6 Å². The van der Waals surface area contributed by atoms with Gasteiger partial charge in [-0.15, -0.1) is 0 Å². The number of methoxy groups -OCH3 is 1. The summed E-state index contributed by atoms with van der Waals surface area (Å²) in [5, 5.41) is 10.2. The standard InChI is InChI=1S/C27H32N4O4Si/c1-33-27(32)23-16-25(19-7-5-9-22(15-19)35-21-11-12-21)31(29-23)24-10-6-8-20-17-28-30(26(20)24)18-34-13-14-36(2,3)4/h5-10,15-17,21H,11-14,18H2,1-4H3. The number of esters is 1. The van der Waals surface area contributed by atoms with E-state index in [1.807, 2.05) is 53.3 Å². The van der Waals surface area contributed by atoms with E-state index < -0.39 is 14.0 Å². The normalized spacial score (nSPS) is 13.8. The van der Waals surface area contributed by atoms with Gasteiger partial charge in [0.2, 0.25) is 0 Å². The number of benzene rings is 2. The van der Waals surface area contributed by atoms with Crippen LogP contribution in [0.25, 0.3) is 27.8 Å². The van der Waals surface area contributed by atoms with Gasteiger partial charge in [0.25, 0.3) is 0 Å². The minimum absolute atomic E-state index is 0.232. The Hall–Kier alpha value is -3.43. The summed E-state index contributed by atoms with van der Waals surface area (Å²) < 4.78 is 20.6. The molecule has 0 saturated heterocycles. The third-order valence-corrected chi connectivity index (χ3v) is 7.84. The highest BCUT2D eigenvalue weighted by molar-refractivity contribution is 6.76. The molecule has 2 aromatic heterocycles. The van der Waals surface area contributed by atoms with Gasteiger partial charge in [0, 0.05) is 25.6 Å². The molecule has 5 rings (SSSR count). The van der Waals surface area contributed by atoms with Crippen LogP contribution in [0.15, 0.2) is 54.7 Å². The van der Waals surface area contributed by atoms with Crippen molar-refractivity contribution in [1.29, 1.82) is 0 Å². The summed E-state index contributed by atoms with van der Waals surface area (Å²) in [6, 6.07) is 16.7. The van der Waals surface area contributed by atoms with E-state index in [1.54, 1.807) is 10.7 Å². The number of para-hydroxylation sites is 1. The number of aromatic nitrogens is 4. The number of hydrogen-bond donors (Lipinski definition) is 0. The van der Waals surface area contributed by atoms with E-state index in [9.17, 15) is 4.79 Å². The van der Waals surface area contributed by atoms with Gasteiger partial charge in [-0.2, -0.15) is 10.2 Å². The Bertz CT molecular complexity index is 1380. The molecule has 2 heterocycles. The third kappa shape index (κ3) is 5.37. The molecule has 0 unspecified atom stereocenters. The molecular weight excluding hydrogens is 472 g/mol. The molecule has 0 amide bonds. The SMILES string of the molecule is COC(=O)c1cc(-c2cccc(OC3CC3)c2)n(-c2cccc3cnn(COCC[Si](C)(C)C)c23)n1. The minimum Gasteiger partial charge on any atom is -0.490 e. The van der Waals surface area contributed by atoms with Crippen molar-refractivity contribution in [2.24, 2.45) is 0 Å². The zero-order valence-electron chi connectivity index (χ0n) is 21.2. The van der Waals surface area contributed by atoms with Crippen LogP contribution in [0.4, 0.5) is 0 Å². The van der Waals surface area contributed by atoms with Crippen LogP contribution in [-0.2, 0) is 16.2 Å². The molecule has 0 N–H and O–H groups in total. The molecular formula is C27H32N4O4Si. The van der Waals surface area contributed by atoms with Gasteiger partial charge < -0.3 is 14.2 Å². The molecule has 8 nitrogen and oxygen atoms in total. The van der Waals surface area contributed by atoms with Gasteiger partial charge in [-0.3, -0.25) is 0 Å². The van der Waals surface area contributed by atoms with Crippen LogP contribution in [0.3, 0.4) is 0 Å². The number of fused-ring (bicyclic) bond motifs is 1. The van der Waals surface area contributed by atoms with Crippen molar-refractivity contribution < 1.29 is 19.0 Å². The molecule has 0 bridgehead atoms. The quantitative estimate of drug-likeness (QED) is 0.161. The van der Waals surface area contributed by atoms with E-state index in [-0.39, 0.29) is 5.69 Å². The lowest BCUT2D eigenvalue weighted by Gasteiger charge is -2.16. The molecule has 1 aliphatic carbocycles. The largest absolute Gasteiger partial charge is 0.490 e. The Morgan fingerprint density at radius 3 is 2.67 bits per heavy atom. The van der Waals surface area contributed by atoms with Crippen LogP contribution in [0.1, 0.15) is 23.3 Å². The highest BCUT2D eigenvalue weighted by Gasteiger charge is 2.24. The number of rotatable bonds is 10. The van der Waals surface area contributed by atoms with Crippen LogP contribution in [0.5, 0.6) is 5.75 Å². The summed E-state index contributed by atoms with van der Waals surface area (Å²) in [5.74, 6) is 0.317. The first-order valence-corrected chi connectivity index (χ1v) is 16.0. The minimum atomic E-state index is -1.19. The van der Waals surface area contributed by atoms with Crippen molar-refractivity contribution in [3.63, 3.8) is 0 Å². The first-order chi connectivity index (χ1) is 17.3. The Morgan fingerprint density at radius 1 is 1.11 bits per heavy atom. The van der Waals surface area contributed by atoms with E-state index >= 15 is 0 Å². The van der Waals surface area contributed by atoms with E-state index in [1.165, 1.54) is 7.11 Å². The van der Waals surface area contributed by atoms with Gasteiger partial charge in [0.15, 0.2) is 5.69 Å². The third-order valence-electron chi connectivity index (χ3n) is 6.14. The Labute approximate surface area is 211 Å². The van der Waals surface area contributed by atoms with Gasteiger partial charge in [-0.25, -0.2) is 14.2 Å². The number of nitrogens with zero attached hydrogens (tertiary/aromatic N) is 4. The van der Waals surface area contributed by atoms with Gasteiger partial charge in [0.1, 0.15) is 12.5 Å². The molecule has 4 aromatic rings. The molecule has 9 heteroatoms. The van der Waals surface area contributed by atoms with Gasteiger partial charge in [-0.1, -0.05) is 43.9 Å².